The molecule has 5 nitrogen and oxygen atoms in total. The number of carbonyl (C=O) groups is 2. The first-order valence-corrected chi connectivity index (χ1v) is 6.29. The van der Waals surface area contributed by atoms with Gasteiger partial charge in [-0.25, -0.2) is 4.79 Å². The summed E-state index contributed by atoms with van der Waals surface area (Å²) in [4.78, 5) is 23.0. The number of carbonyl (C=O) groups excluding carboxylic acids is 1. The van der Waals surface area contributed by atoms with Crippen LogP contribution in [-0.2, 0) is 4.79 Å². The zero-order chi connectivity index (χ0) is 14.6. The van der Waals surface area contributed by atoms with Crippen molar-refractivity contribution in [3.05, 3.63) is 28.8 Å². The molecule has 0 aromatic heterocycles. The van der Waals surface area contributed by atoms with Crippen LogP contribution >= 0.6 is 11.6 Å². The van der Waals surface area contributed by atoms with Crippen molar-refractivity contribution in [3.8, 4) is 0 Å². The molecule has 6 heteroatoms. The summed E-state index contributed by atoms with van der Waals surface area (Å²) in [5.41, 5.74) is 5.76. The lowest BCUT2D eigenvalue weighted by molar-refractivity contribution is -0.117. The van der Waals surface area contributed by atoms with Gasteiger partial charge in [0.05, 0.1) is 16.8 Å². The van der Waals surface area contributed by atoms with Crippen LogP contribution in [0.3, 0.4) is 0 Å². The van der Waals surface area contributed by atoms with Gasteiger partial charge in [0.15, 0.2) is 0 Å². The second-order valence-electron chi connectivity index (χ2n) is 4.69. The van der Waals surface area contributed by atoms with Crippen molar-refractivity contribution < 1.29 is 14.7 Å². The highest BCUT2D eigenvalue weighted by molar-refractivity contribution is 6.34. The van der Waals surface area contributed by atoms with Crippen LogP contribution in [-0.4, -0.2) is 23.0 Å². The zero-order valence-electron chi connectivity index (χ0n) is 10.8. The number of nitrogens with one attached hydrogen (secondary N) is 1. The third-order valence-electron chi connectivity index (χ3n) is 2.55. The number of hydrogen-bond acceptors (Lipinski definition) is 3. The van der Waals surface area contributed by atoms with Gasteiger partial charge in [0.2, 0.25) is 5.91 Å². The second-order valence-corrected chi connectivity index (χ2v) is 5.10. The lowest BCUT2D eigenvalue weighted by Crippen LogP contribution is -2.37. The molecule has 1 aromatic rings. The molecule has 1 aromatic carbocycles. The summed E-state index contributed by atoms with van der Waals surface area (Å²) in [6, 6.07) is 3.82. The summed E-state index contributed by atoms with van der Waals surface area (Å²) in [7, 11) is 0. The number of halogens is 1. The van der Waals surface area contributed by atoms with E-state index in [1.165, 1.54) is 12.1 Å². The van der Waals surface area contributed by atoms with Crippen LogP contribution in [0.4, 0.5) is 5.69 Å². The Kier molecular flexibility index (Phi) is 5.32. The maximum absolute atomic E-state index is 11.9. The lowest BCUT2D eigenvalue weighted by Gasteiger charge is -2.15. The van der Waals surface area contributed by atoms with Gasteiger partial charge in [-0.2, -0.15) is 0 Å². The minimum Gasteiger partial charge on any atom is -0.478 e. The number of carboxylic acid groups (broad SMARTS) is 1. The maximum atomic E-state index is 11.9. The number of benzene rings is 1. The number of nitrogens with two attached hydrogens (primary N) is 1. The Labute approximate surface area is 116 Å². The molecule has 0 aliphatic carbocycles. The monoisotopic (exact) mass is 284 g/mol. The Bertz CT molecular complexity index is 489. The second kappa shape index (κ2) is 6.54. The number of carboxylic acids is 1. The number of amides is 1. The molecule has 0 saturated heterocycles. The highest BCUT2D eigenvalue weighted by Crippen LogP contribution is 2.24. The fraction of sp³-hybridized carbons (Fsp3) is 0.385. The van der Waals surface area contributed by atoms with Gasteiger partial charge in [-0.05, 0) is 24.5 Å². The molecule has 0 heterocycles. The third kappa shape index (κ3) is 4.22. The van der Waals surface area contributed by atoms with Crippen LogP contribution in [0.2, 0.25) is 5.02 Å². The molecule has 104 valence electrons. The first-order chi connectivity index (χ1) is 8.82. The van der Waals surface area contributed by atoms with E-state index in [1.807, 2.05) is 13.8 Å². The minimum atomic E-state index is -1.20. The normalized spacial score (nSPS) is 12.3. The van der Waals surface area contributed by atoms with E-state index in [-0.39, 0.29) is 22.2 Å². The summed E-state index contributed by atoms with van der Waals surface area (Å²) in [6.07, 6.45) is 0.523. The van der Waals surface area contributed by atoms with Gasteiger partial charge >= 0.3 is 5.97 Å². The quantitative estimate of drug-likeness (QED) is 0.774. The van der Waals surface area contributed by atoms with Gasteiger partial charge in [-0.3, -0.25) is 4.79 Å². The molecule has 4 N–H and O–H groups in total. The van der Waals surface area contributed by atoms with E-state index < -0.39 is 17.9 Å². The van der Waals surface area contributed by atoms with Crippen LogP contribution in [0.25, 0.3) is 0 Å². The highest BCUT2D eigenvalue weighted by atomic mass is 35.5. The van der Waals surface area contributed by atoms with Gasteiger partial charge in [0, 0.05) is 0 Å². The summed E-state index contributed by atoms with van der Waals surface area (Å²) >= 11 is 5.81. The van der Waals surface area contributed by atoms with Crippen molar-refractivity contribution in [1.82, 2.24) is 0 Å². The Balaban J connectivity index is 2.91. The van der Waals surface area contributed by atoms with Gasteiger partial charge in [0.25, 0.3) is 0 Å². The Morgan fingerprint density at radius 3 is 2.58 bits per heavy atom. The number of aromatic carboxylic acids is 1. The molecule has 0 unspecified atom stereocenters. The predicted molar refractivity (Wildman–Crippen MR) is 74.5 cm³/mol. The summed E-state index contributed by atoms with van der Waals surface area (Å²) in [5.74, 6) is -1.34. The van der Waals surface area contributed by atoms with Crippen LogP contribution in [0.15, 0.2) is 18.2 Å². The molecule has 1 rings (SSSR count). The van der Waals surface area contributed by atoms with Crippen LogP contribution < -0.4 is 11.1 Å². The van der Waals surface area contributed by atoms with Crippen molar-refractivity contribution in [2.24, 2.45) is 11.7 Å². The molecule has 0 bridgehead atoms. The Morgan fingerprint density at radius 1 is 1.42 bits per heavy atom. The minimum absolute atomic E-state index is 0.0720. The van der Waals surface area contributed by atoms with E-state index in [0.717, 1.165) is 0 Å². The smallest absolute Gasteiger partial charge is 0.339 e. The fourth-order valence-corrected chi connectivity index (χ4v) is 1.94. The number of hydrogen-bond donors (Lipinski definition) is 3. The molecule has 1 atom stereocenters. The van der Waals surface area contributed by atoms with E-state index in [9.17, 15) is 9.59 Å². The van der Waals surface area contributed by atoms with E-state index >= 15 is 0 Å². The van der Waals surface area contributed by atoms with Crippen molar-refractivity contribution in [2.45, 2.75) is 26.3 Å². The lowest BCUT2D eigenvalue weighted by atomic mass is 10.0. The van der Waals surface area contributed by atoms with E-state index in [2.05, 4.69) is 5.32 Å². The third-order valence-corrected chi connectivity index (χ3v) is 2.86. The van der Waals surface area contributed by atoms with E-state index in [4.69, 9.17) is 22.4 Å². The predicted octanol–water partition coefficient (Wildman–Crippen LogP) is 2.35. The molecule has 19 heavy (non-hydrogen) atoms. The highest BCUT2D eigenvalue weighted by Gasteiger charge is 2.19. The molecule has 0 radical (unpaired) electrons. The van der Waals surface area contributed by atoms with Gasteiger partial charge in [-0.15, -0.1) is 0 Å². The number of rotatable bonds is 5. The topological polar surface area (TPSA) is 92.4 Å². The zero-order valence-corrected chi connectivity index (χ0v) is 11.6. The van der Waals surface area contributed by atoms with E-state index in [1.54, 1.807) is 6.07 Å². The molecule has 0 aliphatic heterocycles. The average Bonchev–Trinajstić information content (AvgIpc) is 2.27. The molecular formula is C13H17ClN2O3. The first kappa shape index (κ1) is 15.5. The maximum Gasteiger partial charge on any atom is 0.339 e. The molecular weight excluding hydrogens is 268 g/mol. The Morgan fingerprint density at radius 2 is 2.05 bits per heavy atom. The van der Waals surface area contributed by atoms with Gasteiger partial charge in [0.1, 0.15) is 5.56 Å². The van der Waals surface area contributed by atoms with Crippen molar-refractivity contribution >= 4 is 29.2 Å². The summed E-state index contributed by atoms with van der Waals surface area (Å²) in [5, 5.41) is 11.7. The number of anilines is 1. The van der Waals surface area contributed by atoms with Crippen LogP contribution in [0.5, 0.6) is 0 Å². The van der Waals surface area contributed by atoms with E-state index in [0.29, 0.717) is 6.42 Å². The average molecular weight is 285 g/mol. The molecule has 1 amide bonds. The molecule has 0 fully saturated rings. The SMILES string of the molecule is CC(C)C[C@H](N)C(=O)Nc1cccc(Cl)c1C(=O)O. The van der Waals surface area contributed by atoms with Crippen LogP contribution in [0, 0.1) is 5.92 Å². The van der Waals surface area contributed by atoms with Crippen molar-refractivity contribution in [1.29, 1.82) is 0 Å². The largest absolute Gasteiger partial charge is 0.478 e. The van der Waals surface area contributed by atoms with Gasteiger partial charge in [-0.1, -0.05) is 31.5 Å². The Hall–Kier alpha value is -1.59. The standard InChI is InChI=1S/C13H17ClN2O3/c1-7(2)6-9(15)12(17)16-10-5-3-4-8(14)11(10)13(18)19/h3-5,7,9H,6,15H2,1-2H3,(H,16,17)(H,18,19)/t9-/m0/s1. The fourth-order valence-electron chi connectivity index (χ4n) is 1.69. The van der Waals surface area contributed by atoms with Crippen LogP contribution in [0.1, 0.15) is 30.6 Å². The first-order valence-electron chi connectivity index (χ1n) is 5.91. The van der Waals surface area contributed by atoms with Crippen molar-refractivity contribution in [3.63, 3.8) is 0 Å². The molecule has 0 saturated carbocycles. The van der Waals surface area contributed by atoms with Gasteiger partial charge < -0.3 is 16.2 Å². The summed E-state index contributed by atoms with van der Waals surface area (Å²) in [6.45, 7) is 3.91. The van der Waals surface area contributed by atoms with Crippen molar-refractivity contribution in [2.75, 3.05) is 5.32 Å². The summed E-state index contributed by atoms with van der Waals surface area (Å²) < 4.78 is 0. The molecule has 0 aliphatic rings. The molecule has 0 spiro atoms.